The summed E-state index contributed by atoms with van der Waals surface area (Å²) in [5.41, 5.74) is 0.925. The number of oxazole rings is 1. The maximum absolute atomic E-state index is 13.1. The molecule has 2 saturated heterocycles. The fourth-order valence-corrected chi connectivity index (χ4v) is 4.76. The zero-order valence-corrected chi connectivity index (χ0v) is 18.5. The minimum absolute atomic E-state index is 0.00782. The number of nitriles is 1. The first-order valence-electron chi connectivity index (χ1n) is 9.65. The van der Waals surface area contributed by atoms with Crippen LogP contribution in [0.25, 0.3) is 6.08 Å². The Morgan fingerprint density at radius 3 is 2.65 bits per heavy atom. The van der Waals surface area contributed by atoms with Crippen LogP contribution < -0.4 is 4.90 Å². The molecule has 0 bridgehead atoms. The van der Waals surface area contributed by atoms with Crippen LogP contribution >= 0.6 is 24.0 Å². The molecule has 2 aliphatic rings. The van der Waals surface area contributed by atoms with Crippen LogP contribution in [-0.2, 0) is 16.1 Å². The standard InChI is InChI=1S/C21H19FN4O3S2/c1-12-9-25(10-13(2)28-12)20-16(8-23)24-18(29-20)7-17-19(27)26(21(30)31-17)11-14-3-5-15(22)6-4-14/h3-7,12-13H,9-11H2,1-2H3. The normalized spacial score (nSPS) is 23.0. The summed E-state index contributed by atoms with van der Waals surface area (Å²) in [5, 5.41) is 9.50. The molecule has 1 aromatic heterocycles. The van der Waals surface area contributed by atoms with Gasteiger partial charge in [0.25, 0.3) is 5.91 Å². The summed E-state index contributed by atoms with van der Waals surface area (Å²) in [4.78, 5) is 20.8. The van der Waals surface area contributed by atoms with Gasteiger partial charge in [-0.2, -0.15) is 10.2 Å². The highest BCUT2D eigenvalue weighted by atomic mass is 32.2. The molecule has 2 aromatic rings. The van der Waals surface area contributed by atoms with Crippen molar-refractivity contribution in [1.82, 2.24) is 9.88 Å². The predicted octanol–water partition coefficient (Wildman–Crippen LogP) is 3.70. The van der Waals surface area contributed by atoms with Crippen LogP contribution in [0.1, 0.15) is 31.0 Å². The van der Waals surface area contributed by atoms with Gasteiger partial charge in [-0.15, -0.1) is 0 Å². The van der Waals surface area contributed by atoms with Gasteiger partial charge in [-0.25, -0.2) is 4.39 Å². The van der Waals surface area contributed by atoms with E-state index < -0.39 is 0 Å². The van der Waals surface area contributed by atoms with E-state index in [1.165, 1.54) is 23.1 Å². The number of carbonyl (C=O) groups excluding carboxylic acids is 1. The maximum atomic E-state index is 13.1. The minimum atomic E-state index is -0.342. The molecule has 0 N–H and O–H groups in total. The van der Waals surface area contributed by atoms with Gasteiger partial charge >= 0.3 is 0 Å². The molecule has 160 valence electrons. The highest BCUT2D eigenvalue weighted by Gasteiger charge is 2.33. The molecule has 2 aliphatic heterocycles. The number of anilines is 1. The smallest absolute Gasteiger partial charge is 0.266 e. The first kappa shape index (κ1) is 21.5. The van der Waals surface area contributed by atoms with Crippen molar-refractivity contribution >= 4 is 46.2 Å². The molecule has 2 atom stereocenters. The Balaban J connectivity index is 1.55. The van der Waals surface area contributed by atoms with Crippen molar-refractivity contribution in [2.24, 2.45) is 0 Å². The fourth-order valence-electron chi connectivity index (χ4n) is 3.54. The van der Waals surface area contributed by atoms with Crippen molar-refractivity contribution in [1.29, 1.82) is 5.26 Å². The molecule has 3 heterocycles. The Bertz CT molecular complexity index is 1080. The van der Waals surface area contributed by atoms with Crippen LogP contribution in [0, 0.1) is 17.1 Å². The summed E-state index contributed by atoms with van der Waals surface area (Å²) in [7, 11) is 0. The van der Waals surface area contributed by atoms with E-state index in [4.69, 9.17) is 21.4 Å². The predicted molar refractivity (Wildman–Crippen MR) is 119 cm³/mol. The number of amides is 1. The van der Waals surface area contributed by atoms with Crippen molar-refractivity contribution in [2.45, 2.75) is 32.6 Å². The van der Waals surface area contributed by atoms with E-state index >= 15 is 0 Å². The zero-order chi connectivity index (χ0) is 22.1. The lowest BCUT2D eigenvalue weighted by atomic mass is 10.2. The third kappa shape index (κ3) is 4.63. The Morgan fingerprint density at radius 2 is 2.00 bits per heavy atom. The van der Waals surface area contributed by atoms with Crippen LogP contribution in [-0.4, -0.2) is 45.4 Å². The Morgan fingerprint density at radius 1 is 1.32 bits per heavy atom. The first-order chi connectivity index (χ1) is 14.8. The van der Waals surface area contributed by atoms with E-state index in [0.29, 0.717) is 28.2 Å². The second-order valence-corrected chi connectivity index (χ2v) is 9.05. The van der Waals surface area contributed by atoms with Gasteiger partial charge in [0.05, 0.1) is 23.7 Å². The molecule has 10 heteroatoms. The molecule has 0 radical (unpaired) electrons. The number of ether oxygens (including phenoxy) is 1. The van der Waals surface area contributed by atoms with Crippen molar-refractivity contribution in [3.8, 4) is 6.07 Å². The number of carbonyl (C=O) groups is 1. The number of halogens is 1. The van der Waals surface area contributed by atoms with Gasteiger partial charge in [0.1, 0.15) is 16.2 Å². The number of hydrogen-bond acceptors (Lipinski definition) is 8. The van der Waals surface area contributed by atoms with Gasteiger partial charge in [-0.05, 0) is 31.5 Å². The Hall–Kier alpha value is -2.74. The molecule has 7 nitrogen and oxygen atoms in total. The maximum Gasteiger partial charge on any atom is 0.266 e. The third-order valence-electron chi connectivity index (χ3n) is 4.82. The molecule has 2 fully saturated rings. The lowest BCUT2D eigenvalue weighted by Crippen LogP contribution is -2.45. The number of morpholine rings is 1. The first-order valence-corrected chi connectivity index (χ1v) is 10.9. The van der Waals surface area contributed by atoms with Gasteiger partial charge in [0, 0.05) is 19.2 Å². The van der Waals surface area contributed by atoms with Crippen LogP contribution in [0.4, 0.5) is 10.3 Å². The largest absolute Gasteiger partial charge is 0.420 e. The number of thiocarbonyl (C=S) groups is 1. The molecular formula is C21H19FN4O3S2. The Kier molecular flexibility index (Phi) is 6.09. The molecule has 0 spiro atoms. The number of thioether (sulfide) groups is 1. The van der Waals surface area contributed by atoms with Crippen LogP contribution in [0.2, 0.25) is 0 Å². The van der Waals surface area contributed by atoms with E-state index in [0.717, 1.165) is 17.3 Å². The van der Waals surface area contributed by atoms with Gasteiger partial charge < -0.3 is 14.1 Å². The summed E-state index contributed by atoms with van der Waals surface area (Å²) in [6.45, 7) is 5.31. The van der Waals surface area contributed by atoms with E-state index in [-0.39, 0.29) is 42.1 Å². The fraction of sp³-hybridized carbons (Fsp3) is 0.333. The second kappa shape index (κ2) is 8.78. The summed E-state index contributed by atoms with van der Waals surface area (Å²) in [6, 6.07) is 7.97. The summed E-state index contributed by atoms with van der Waals surface area (Å²) < 4.78 is 25.1. The van der Waals surface area contributed by atoms with Crippen LogP contribution in [0.3, 0.4) is 0 Å². The molecule has 1 aromatic carbocycles. The highest BCUT2D eigenvalue weighted by Crippen LogP contribution is 2.34. The third-order valence-corrected chi connectivity index (χ3v) is 6.20. The molecule has 0 saturated carbocycles. The van der Waals surface area contributed by atoms with Gasteiger partial charge in [-0.3, -0.25) is 9.69 Å². The summed E-state index contributed by atoms with van der Waals surface area (Å²) in [5.74, 6) is -0.0875. The van der Waals surface area contributed by atoms with E-state index in [9.17, 15) is 14.4 Å². The molecule has 2 unspecified atom stereocenters. The monoisotopic (exact) mass is 458 g/mol. The van der Waals surface area contributed by atoms with E-state index in [2.05, 4.69) is 11.1 Å². The molecule has 31 heavy (non-hydrogen) atoms. The van der Waals surface area contributed by atoms with E-state index in [1.54, 1.807) is 12.1 Å². The van der Waals surface area contributed by atoms with Crippen LogP contribution in [0.5, 0.6) is 0 Å². The number of aromatic nitrogens is 1. The SMILES string of the molecule is CC1CN(c2oc(C=C3SC(=S)N(Cc4ccc(F)cc4)C3=O)nc2C#N)CC(C)O1. The van der Waals surface area contributed by atoms with Gasteiger partial charge in [0.15, 0.2) is 0 Å². The number of rotatable bonds is 4. The topological polar surface area (TPSA) is 82.6 Å². The van der Waals surface area contributed by atoms with Gasteiger partial charge in [-0.1, -0.05) is 36.1 Å². The number of hydrogen-bond donors (Lipinski definition) is 0. The minimum Gasteiger partial charge on any atom is -0.420 e. The molecular weight excluding hydrogens is 439 g/mol. The van der Waals surface area contributed by atoms with Crippen molar-refractivity contribution in [3.05, 3.63) is 52.1 Å². The average molecular weight is 459 g/mol. The lowest BCUT2D eigenvalue weighted by Gasteiger charge is -2.34. The number of benzene rings is 1. The van der Waals surface area contributed by atoms with Crippen molar-refractivity contribution in [2.75, 3.05) is 18.0 Å². The lowest BCUT2D eigenvalue weighted by molar-refractivity contribution is -0.122. The van der Waals surface area contributed by atoms with Gasteiger partial charge in [0.2, 0.25) is 17.5 Å². The quantitative estimate of drug-likeness (QED) is 0.507. The zero-order valence-electron chi connectivity index (χ0n) is 16.9. The van der Waals surface area contributed by atoms with E-state index in [1.807, 2.05) is 18.7 Å². The Labute approximate surface area is 188 Å². The molecule has 1 amide bonds. The molecule has 4 rings (SSSR count). The summed E-state index contributed by atoms with van der Waals surface area (Å²) >= 11 is 6.48. The highest BCUT2D eigenvalue weighted by molar-refractivity contribution is 8.26. The average Bonchev–Trinajstić information content (AvgIpc) is 3.25. The second-order valence-electron chi connectivity index (χ2n) is 7.37. The van der Waals surface area contributed by atoms with Crippen molar-refractivity contribution < 1.29 is 18.3 Å². The van der Waals surface area contributed by atoms with Crippen molar-refractivity contribution in [3.63, 3.8) is 0 Å². The number of nitrogens with zero attached hydrogens (tertiary/aromatic N) is 4. The molecule has 0 aliphatic carbocycles. The van der Waals surface area contributed by atoms with Crippen LogP contribution in [0.15, 0.2) is 33.6 Å². The summed E-state index contributed by atoms with van der Waals surface area (Å²) in [6.07, 6.45) is 1.49.